The molecule has 20 heavy (non-hydrogen) atoms. The van der Waals surface area contributed by atoms with Crippen LogP contribution in [0.3, 0.4) is 0 Å². The Morgan fingerprint density at radius 1 is 1.20 bits per heavy atom. The molecule has 2 rings (SSSR count). The first kappa shape index (κ1) is 15.3. The molecule has 0 amide bonds. The molecular formula is C13H17F2NO3S. The number of aliphatic hydroxyl groups excluding tert-OH is 1. The summed E-state index contributed by atoms with van der Waals surface area (Å²) in [6.45, 7) is 0.200. The Hall–Kier alpha value is -1.05. The van der Waals surface area contributed by atoms with Crippen LogP contribution in [0.5, 0.6) is 0 Å². The zero-order valence-electron chi connectivity index (χ0n) is 10.9. The van der Waals surface area contributed by atoms with Crippen molar-refractivity contribution >= 4 is 10.0 Å². The second-order valence-electron chi connectivity index (χ2n) is 5.10. The molecule has 7 heteroatoms. The Kier molecular flexibility index (Phi) is 4.72. The van der Waals surface area contributed by atoms with Gasteiger partial charge in [0.1, 0.15) is 16.5 Å². The van der Waals surface area contributed by atoms with Crippen LogP contribution in [0.15, 0.2) is 23.1 Å². The fourth-order valence-electron chi connectivity index (χ4n) is 2.35. The van der Waals surface area contributed by atoms with E-state index in [-0.39, 0.29) is 18.6 Å². The lowest BCUT2D eigenvalue weighted by atomic mass is 9.88. The summed E-state index contributed by atoms with van der Waals surface area (Å²) < 4.78 is 52.5. The molecule has 1 aromatic carbocycles. The highest BCUT2D eigenvalue weighted by Gasteiger charge is 2.23. The average Bonchev–Trinajstić information content (AvgIpc) is 2.37. The van der Waals surface area contributed by atoms with Gasteiger partial charge in [0.05, 0.1) is 6.10 Å². The minimum atomic E-state index is -3.97. The van der Waals surface area contributed by atoms with Crippen LogP contribution in [0, 0.1) is 17.6 Å². The normalized spacial score (nSPS) is 23.8. The molecule has 4 nitrogen and oxygen atoms in total. The maximum absolute atomic E-state index is 13.5. The molecule has 0 bridgehead atoms. The number of benzene rings is 1. The van der Waals surface area contributed by atoms with E-state index in [1.54, 1.807) is 0 Å². The fraction of sp³-hybridized carbons (Fsp3) is 0.538. The first-order valence-corrected chi connectivity index (χ1v) is 7.99. The fourth-order valence-corrected chi connectivity index (χ4v) is 3.52. The number of sulfonamides is 1. The largest absolute Gasteiger partial charge is 0.393 e. The van der Waals surface area contributed by atoms with Gasteiger partial charge in [-0.05, 0) is 43.7 Å². The van der Waals surface area contributed by atoms with Crippen molar-refractivity contribution in [3.8, 4) is 0 Å². The smallest absolute Gasteiger partial charge is 0.243 e. The predicted octanol–water partition coefficient (Wildman–Crippen LogP) is 1.79. The molecule has 0 radical (unpaired) electrons. The average molecular weight is 305 g/mol. The summed E-state index contributed by atoms with van der Waals surface area (Å²) in [5.74, 6) is -1.78. The van der Waals surface area contributed by atoms with Gasteiger partial charge < -0.3 is 5.11 Å². The molecule has 1 fully saturated rings. The highest BCUT2D eigenvalue weighted by Crippen LogP contribution is 2.24. The van der Waals surface area contributed by atoms with Crippen LogP contribution >= 0.6 is 0 Å². The highest BCUT2D eigenvalue weighted by atomic mass is 32.2. The zero-order valence-corrected chi connectivity index (χ0v) is 11.7. The summed E-state index contributed by atoms with van der Waals surface area (Å²) in [4.78, 5) is -0.547. The van der Waals surface area contributed by atoms with Gasteiger partial charge in [0.25, 0.3) is 0 Å². The van der Waals surface area contributed by atoms with Crippen LogP contribution in [0.4, 0.5) is 8.78 Å². The Bertz CT molecular complexity index is 569. The van der Waals surface area contributed by atoms with Gasteiger partial charge in [0.2, 0.25) is 10.0 Å². The number of nitrogens with one attached hydrogen (secondary N) is 1. The van der Waals surface area contributed by atoms with Crippen molar-refractivity contribution in [2.45, 2.75) is 36.7 Å². The van der Waals surface area contributed by atoms with Crippen LogP contribution in [-0.2, 0) is 10.0 Å². The Balaban J connectivity index is 2.00. The van der Waals surface area contributed by atoms with Crippen molar-refractivity contribution in [3.05, 3.63) is 29.8 Å². The Morgan fingerprint density at radius 3 is 2.45 bits per heavy atom. The van der Waals surface area contributed by atoms with E-state index in [2.05, 4.69) is 4.72 Å². The molecule has 1 aliphatic rings. The lowest BCUT2D eigenvalue weighted by Gasteiger charge is -2.25. The van der Waals surface area contributed by atoms with E-state index in [0.29, 0.717) is 18.9 Å². The van der Waals surface area contributed by atoms with Crippen molar-refractivity contribution in [1.29, 1.82) is 0 Å². The molecule has 112 valence electrons. The second-order valence-corrected chi connectivity index (χ2v) is 6.84. The third kappa shape index (κ3) is 3.74. The predicted molar refractivity (Wildman–Crippen MR) is 69.5 cm³/mol. The first-order chi connectivity index (χ1) is 9.38. The minimum Gasteiger partial charge on any atom is -0.393 e. The van der Waals surface area contributed by atoms with Crippen molar-refractivity contribution in [3.63, 3.8) is 0 Å². The monoisotopic (exact) mass is 305 g/mol. The van der Waals surface area contributed by atoms with Gasteiger partial charge in [-0.25, -0.2) is 21.9 Å². The topological polar surface area (TPSA) is 66.4 Å². The number of hydrogen-bond donors (Lipinski definition) is 2. The molecule has 1 saturated carbocycles. The summed E-state index contributed by atoms with van der Waals surface area (Å²) in [6.07, 6.45) is 2.46. The van der Waals surface area contributed by atoms with E-state index >= 15 is 0 Å². The molecule has 0 aliphatic heterocycles. The zero-order chi connectivity index (χ0) is 14.8. The third-order valence-corrected chi connectivity index (χ3v) is 5.02. The molecule has 0 atom stereocenters. The maximum atomic E-state index is 13.5. The molecule has 0 spiro atoms. The van der Waals surface area contributed by atoms with Crippen molar-refractivity contribution in [2.24, 2.45) is 5.92 Å². The van der Waals surface area contributed by atoms with Gasteiger partial charge in [-0.2, -0.15) is 0 Å². The van der Waals surface area contributed by atoms with Gasteiger partial charge in [-0.15, -0.1) is 0 Å². The number of hydrogen-bond acceptors (Lipinski definition) is 3. The third-order valence-electron chi connectivity index (χ3n) is 3.56. The molecule has 2 N–H and O–H groups in total. The molecule has 1 aromatic rings. The summed E-state index contributed by atoms with van der Waals surface area (Å²) >= 11 is 0. The lowest BCUT2D eigenvalue weighted by Crippen LogP contribution is -2.32. The van der Waals surface area contributed by atoms with E-state index in [1.165, 1.54) is 0 Å². The number of rotatable bonds is 4. The van der Waals surface area contributed by atoms with E-state index in [0.717, 1.165) is 25.0 Å². The summed E-state index contributed by atoms with van der Waals surface area (Å²) in [5.41, 5.74) is 0. The summed E-state index contributed by atoms with van der Waals surface area (Å²) in [5, 5.41) is 9.37. The van der Waals surface area contributed by atoms with Crippen molar-refractivity contribution < 1.29 is 22.3 Å². The second kappa shape index (κ2) is 6.15. The van der Waals surface area contributed by atoms with Gasteiger partial charge in [0, 0.05) is 12.6 Å². The quantitative estimate of drug-likeness (QED) is 0.891. The molecule has 0 unspecified atom stereocenters. The number of halogens is 2. The van der Waals surface area contributed by atoms with Gasteiger partial charge in [0.15, 0.2) is 0 Å². The van der Waals surface area contributed by atoms with Crippen molar-refractivity contribution in [2.75, 3.05) is 6.54 Å². The maximum Gasteiger partial charge on any atom is 0.243 e. The lowest BCUT2D eigenvalue weighted by molar-refractivity contribution is 0.109. The standard InChI is InChI=1S/C13H17F2NO3S/c14-10-3-6-13(12(15)7-10)20(18,19)16-8-9-1-4-11(17)5-2-9/h3,6-7,9,11,16-17H,1-2,4-5,8H2. The van der Waals surface area contributed by atoms with Crippen LogP contribution in [0.25, 0.3) is 0 Å². The van der Waals surface area contributed by atoms with Crippen LogP contribution in [-0.4, -0.2) is 26.2 Å². The van der Waals surface area contributed by atoms with E-state index in [1.807, 2.05) is 0 Å². The molecule has 0 aromatic heterocycles. The molecule has 1 aliphatic carbocycles. The summed E-state index contributed by atoms with van der Waals surface area (Å²) in [6, 6.07) is 2.37. The van der Waals surface area contributed by atoms with Gasteiger partial charge in [-0.3, -0.25) is 0 Å². The Labute approximate surface area is 116 Å². The highest BCUT2D eigenvalue weighted by molar-refractivity contribution is 7.89. The molecule has 0 heterocycles. The number of aliphatic hydroxyl groups is 1. The first-order valence-electron chi connectivity index (χ1n) is 6.51. The van der Waals surface area contributed by atoms with E-state index in [9.17, 15) is 22.3 Å². The van der Waals surface area contributed by atoms with Crippen LogP contribution < -0.4 is 4.72 Å². The van der Waals surface area contributed by atoms with Gasteiger partial charge >= 0.3 is 0 Å². The van der Waals surface area contributed by atoms with Crippen LogP contribution in [0.1, 0.15) is 25.7 Å². The van der Waals surface area contributed by atoms with Gasteiger partial charge in [-0.1, -0.05) is 0 Å². The van der Waals surface area contributed by atoms with E-state index < -0.39 is 26.6 Å². The minimum absolute atomic E-state index is 0.136. The Morgan fingerprint density at radius 2 is 1.85 bits per heavy atom. The SMILES string of the molecule is O=S(=O)(NCC1CCC(O)CC1)c1ccc(F)cc1F. The molecular weight excluding hydrogens is 288 g/mol. The van der Waals surface area contributed by atoms with E-state index in [4.69, 9.17) is 0 Å². The summed E-state index contributed by atoms with van der Waals surface area (Å²) in [7, 11) is -3.97. The van der Waals surface area contributed by atoms with Crippen LogP contribution in [0.2, 0.25) is 0 Å². The van der Waals surface area contributed by atoms with Crippen molar-refractivity contribution in [1.82, 2.24) is 4.72 Å². The molecule has 0 saturated heterocycles.